The highest BCUT2D eigenvalue weighted by molar-refractivity contribution is 6.36. The summed E-state index contributed by atoms with van der Waals surface area (Å²) in [5, 5.41) is 5.39. The lowest BCUT2D eigenvalue weighted by Gasteiger charge is -2.08. The van der Waals surface area contributed by atoms with Crippen molar-refractivity contribution in [3.8, 4) is 0 Å². The maximum Gasteiger partial charge on any atom is 0.0705 e. The maximum atomic E-state index is 6.43. The van der Waals surface area contributed by atoms with Crippen molar-refractivity contribution in [2.45, 2.75) is 26.4 Å². The van der Waals surface area contributed by atoms with Crippen molar-refractivity contribution in [3.63, 3.8) is 0 Å². The fourth-order valence-corrected chi connectivity index (χ4v) is 2.96. The van der Waals surface area contributed by atoms with E-state index in [1.165, 1.54) is 11.1 Å². The monoisotopic (exact) mass is 298 g/mol. The number of benzene rings is 2. The largest absolute Gasteiger partial charge is 0.356 e. The molecule has 2 nitrogen and oxygen atoms in total. The van der Waals surface area contributed by atoms with E-state index in [1.807, 2.05) is 18.2 Å². The van der Waals surface area contributed by atoms with Gasteiger partial charge in [-0.2, -0.15) is 0 Å². The number of rotatable bonds is 5. The third kappa shape index (κ3) is 2.97. The van der Waals surface area contributed by atoms with Gasteiger partial charge in [-0.25, -0.2) is 0 Å². The number of aromatic amines is 1. The van der Waals surface area contributed by atoms with E-state index < -0.39 is 0 Å². The number of H-pyrrole nitrogens is 1. The molecule has 0 unspecified atom stereocenters. The summed E-state index contributed by atoms with van der Waals surface area (Å²) in [5.74, 6) is 0. The van der Waals surface area contributed by atoms with Gasteiger partial charge in [-0.15, -0.1) is 0 Å². The van der Waals surface area contributed by atoms with Crippen molar-refractivity contribution in [2.24, 2.45) is 0 Å². The quantitative estimate of drug-likeness (QED) is 0.703. The highest BCUT2D eigenvalue weighted by Gasteiger charge is 2.08. The maximum absolute atomic E-state index is 6.43. The zero-order valence-corrected chi connectivity index (χ0v) is 12.9. The lowest BCUT2D eigenvalue weighted by Crippen LogP contribution is -2.14. The second kappa shape index (κ2) is 6.33. The summed E-state index contributed by atoms with van der Waals surface area (Å²) in [6, 6.07) is 16.7. The number of halogens is 1. The summed E-state index contributed by atoms with van der Waals surface area (Å²) in [6.45, 7) is 3.79. The molecule has 0 aliphatic heterocycles. The number of aromatic nitrogens is 1. The first-order valence-corrected chi connectivity index (χ1v) is 7.70. The van der Waals surface area contributed by atoms with Crippen LogP contribution in [0, 0.1) is 0 Å². The van der Waals surface area contributed by atoms with Crippen LogP contribution < -0.4 is 5.32 Å². The zero-order valence-electron chi connectivity index (χ0n) is 12.1. The Kier molecular flexibility index (Phi) is 4.28. The molecule has 0 aliphatic carbocycles. The molecular formula is C18H19ClN2. The summed E-state index contributed by atoms with van der Waals surface area (Å²) in [6.07, 6.45) is 1.06. The molecule has 0 aliphatic rings. The molecule has 0 bridgehead atoms. The smallest absolute Gasteiger partial charge is 0.0705 e. The highest BCUT2D eigenvalue weighted by atomic mass is 35.5. The molecule has 0 saturated carbocycles. The second-order valence-corrected chi connectivity index (χ2v) is 5.57. The molecule has 0 radical (unpaired) electrons. The van der Waals surface area contributed by atoms with Gasteiger partial charge in [0.1, 0.15) is 0 Å². The Morgan fingerprint density at radius 2 is 1.67 bits per heavy atom. The number of hydrogen-bond acceptors (Lipinski definition) is 1. The zero-order chi connectivity index (χ0) is 14.7. The van der Waals surface area contributed by atoms with Crippen LogP contribution in [0.4, 0.5) is 0 Å². The molecule has 3 aromatic rings. The Bertz CT molecular complexity index is 746. The lowest BCUT2D eigenvalue weighted by atomic mass is 10.1. The molecule has 0 fully saturated rings. The Morgan fingerprint density at radius 1 is 0.952 bits per heavy atom. The molecule has 0 atom stereocenters. The van der Waals surface area contributed by atoms with E-state index in [4.69, 9.17) is 11.6 Å². The van der Waals surface area contributed by atoms with Crippen LogP contribution in [0.25, 0.3) is 10.9 Å². The van der Waals surface area contributed by atoms with Crippen molar-refractivity contribution < 1.29 is 0 Å². The van der Waals surface area contributed by atoms with Gasteiger partial charge in [0.05, 0.1) is 5.02 Å². The van der Waals surface area contributed by atoms with Crippen LogP contribution in [-0.2, 0) is 19.5 Å². The minimum atomic E-state index is 0.742. The van der Waals surface area contributed by atoms with E-state index in [0.29, 0.717) is 0 Å². The number of aryl methyl sites for hydroxylation is 1. The third-order valence-electron chi connectivity index (χ3n) is 3.83. The van der Waals surface area contributed by atoms with Crippen molar-refractivity contribution in [2.75, 3.05) is 0 Å². The average molecular weight is 299 g/mol. The molecule has 3 heteroatoms. The standard InChI is InChI=1S/C18H19ClN2/c1-2-13-7-3-4-8-14(13)11-20-12-17-18(19)15-9-5-6-10-16(15)21-17/h3-10,20-21H,2,11-12H2,1H3. The molecule has 1 heterocycles. The lowest BCUT2D eigenvalue weighted by molar-refractivity contribution is 0.679. The van der Waals surface area contributed by atoms with Crippen molar-refractivity contribution in [1.82, 2.24) is 10.3 Å². The van der Waals surface area contributed by atoms with E-state index in [2.05, 4.69) is 47.6 Å². The van der Waals surface area contributed by atoms with Gasteiger partial charge in [-0.3, -0.25) is 0 Å². The molecule has 3 rings (SSSR count). The summed E-state index contributed by atoms with van der Waals surface area (Å²) in [4.78, 5) is 3.38. The number of hydrogen-bond donors (Lipinski definition) is 2. The van der Waals surface area contributed by atoms with Gasteiger partial charge in [0.25, 0.3) is 0 Å². The molecule has 2 N–H and O–H groups in total. The number of fused-ring (bicyclic) bond motifs is 1. The van der Waals surface area contributed by atoms with E-state index in [0.717, 1.165) is 41.1 Å². The summed E-state index contributed by atoms with van der Waals surface area (Å²) < 4.78 is 0. The van der Waals surface area contributed by atoms with Crippen LogP contribution in [-0.4, -0.2) is 4.98 Å². The van der Waals surface area contributed by atoms with Gasteiger partial charge in [-0.05, 0) is 23.6 Å². The van der Waals surface area contributed by atoms with Gasteiger partial charge in [0.15, 0.2) is 0 Å². The Morgan fingerprint density at radius 3 is 2.43 bits per heavy atom. The van der Waals surface area contributed by atoms with Crippen LogP contribution >= 0.6 is 11.6 Å². The van der Waals surface area contributed by atoms with Crippen LogP contribution in [0.5, 0.6) is 0 Å². The van der Waals surface area contributed by atoms with E-state index in [9.17, 15) is 0 Å². The topological polar surface area (TPSA) is 27.8 Å². The molecule has 0 amide bonds. The minimum Gasteiger partial charge on any atom is -0.356 e. The fraction of sp³-hybridized carbons (Fsp3) is 0.222. The predicted molar refractivity (Wildman–Crippen MR) is 89.7 cm³/mol. The first kappa shape index (κ1) is 14.2. The highest BCUT2D eigenvalue weighted by Crippen LogP contribution is 2.27. The second-order valence-electron chi connectivity index (χ2n) is 5.19. The van der Waals surface area contributed by atoms with Crippen LogP contribution in [0.15, 0.2) is 48.5 Å². The van der Waals surface area contributed by atoms with Gasteiger partial charge >= 0.3 is 0 Å². The van der Waals surface area contributed by atoms with Crippen LogP contribution in [0.1, 0.15) is 23.7 Å². The number of nitrogens with one attached hydrogen (secondary N) is 2. The third-order valence-corrected chi connectivity index (χ3v) is 4.26. The van der Waals surface area contributed by atoms with Crippen molar-refractivity contribution >= 4 is 22.5 Å². The number of para-hydroxylation sites is 1. The van der Waals surface area contributed by atoms with E-state index >= 15 is 0 Å². The fourth-order valence-electron chi connectivity index (χ4n) is 2.68. The SMILES string of the molecule is CCc1ccccc1CNCc1[nH]c2ccccc2c1Cl. The van der Waals surface area contributed by atoms with Gasteiger partial charge in [0.2, 0.25) is 0 Å². The molecule has 0 spiro atoms. The van der Waals surface area contributed by atoms with Crippen LogP contribution in [0.3, 0.4) is 0 Å². The Labute approximate surface area is 130 Å². The molecule has 108 valence electrons. The molecule has 1 aromatic heterocycles. The first-order valence-electron chi connectivity index (χ1n) is 7.32. The Hall–Kier alpha value is -1.77. The van der Waals surface area contributed by atoms with E-state index in [1.54, 1.807) is 0 Å². The van der Waals surface area contributed by atoms with Gasteiger partial charge in [-0.1, -0.05) is 61.0 Å². The molecule has 21 heavy (non-hydrogen) atoms. The molecule has 0 saturated heterocycles. The minimum absolute atomic E-state index is 0.742. The summed E-state index contributed by atoms with van der Waals surface area (Å²) in [5.41, 5.74) is 4.89. The first-order chi connectivity index (χ1) is 10.3. The molecular weight excluding hydrogens is 280 g/mol. The normalized spacial score (nSPS) is 11.1. The summed E-state index contributed by atoms with van der Waals surface area (Å²) >= 11 is 6.43. The van der Waals surface area contributed by atoms with Gasteiger partial charge < -0.3 is 10.3 Å². The van der Waals surface area contributed by atoms with Crippen molar-refractivity contribution in [1.29, 1.82) is 0 Å². The Balaban J connectivity index is 1.71. The molecule has 2 aromatic carbocycles. The predicted octanol–water partition coefficient (Wildman–Crippen LogP) is 4.67. The van der Waals surface area contributed by atoms with Crippen LogP contribution in [0.2, 0.25) is 5.02 Å². The van der Waals surface area contributed by atoms with E-state index in [-0.39, 0.29) is 0 Å². The van der Waals surface area contributed by atoms with Gasteiger partial charge in [0, 0.05) is 29.7 Å². The average Bonchev–Trinajstić information content (AvgIpc) is 2.85. The summed E-state index contributed by atoms with van der Waals surface area (Å²) in [7, 11) is 0. The van der Waals surface area contributed by atoms with Crippen molar-refractivity contribution in [3.05, 3.63) is 70.4 Å².